The molecule has 28 heavy (non-hydrogen) atoms. The number of aliphatic imine (C=N–C) groups is 1. The van der Waals surface area contributed by atoms with Crippen LogP contribution in [0.25, 0.3) is 0 Å². The standard InChI is InChI=1S/C19H16BrN3O4S/c1-23-17(25)15(28-19(23)22-13-7-5-12(20)6-8-13)10-16(24)21-14-4-2-3-11(9-14)18(26)27/h2-9,15H,10H2,1H3,(H,21,24)(H,26,27)/t15-/m0/s1. The van der Waals surface area contributed by atoms with E-state index in [-0.39, 0.29) is 23.8 Å². The van der Waals surface area contributed by atoms with Crippen LogP contribution < -0.4 is 5.32 Å². The van der Waals surface area contributed by atoms with E-state index in [2.05, 4.69) is 26.2 Å². The van der Waals surface area contributed by atoms with Gasteiger partial charge in [-0.2, -0.15) is 0 Å². The second kappa shape index (κ2) is 8.57. The molecule has 2 aromatic rings. The smallest absolute Gasteiger partial charge is 0.335 e. The van der Waals surface area contributed by atoms with Gasteiger partial charge in [0, 0.05) is 23.6 Å². The Hall–Kier alpha value is -2.65. The first-order chi connectivity index (χ1) is 13.3. The van der Waals surface area contributed by atoms with Gasteiger partial charge in [-0.25, -0.2) is 9.79 Å². The van der Waals surface area contributed by atoms with Gasteiger partial charge in [-0.3, -0.25) is 14.5 Å². The Labute approximate surface area is 174 Å². The minimum atomic E-state index is -1.08. The van der Waals surface area contributed by atoms with Crippen LogP contribution in [0.1, 0.15) is 16.8 Å². The molecule has 0 spiro atoms. The van der Waals surface area contributed by atoms with Crippen LogP contribution in [0.2, 0.25) is 0 Å². The summed E-state index contributed by atoms with van der Waals surface area (Å²) in [6.07, 6.45) is -0.0372. The quantitative estimate of drug-likeness (QED) is 0.706. The highest BCUT2D eigenvalue weighted by Gasteiger charge is 2.37. The van der Waals surface area contributed by atoms with E-state index in [1.165, 1.54) is 28.8 Å². The number of hydrogen-bond acceptors (Lipinski definition) is 5. The van der Waals surface area contributed by atoms with Gasteiger partial charge in [0.15, 0.2) is 5.17 Å². The number of aromatic carboxylic acids is 1. The second-order valence-electron chi connectivity index (χ2n) is 6.01. The number of carboxylic acids is 1. The van der Waals surface area contributed by atoms with E-state index in [4.69, 9.17) is 5.11 Å². The zero-order valence-electron chi connectivity index (χ0n) is 14.8. The van der Waals surface area contributed by atoms with Gasteiger partial charge in [0.25, 0.3) is 0 Å². The summed E-state index contributed by atoms with van der Waals surface area (Å²) >= 11 is 4.59. The Kier molecular flexibility index (Phi) is 6.15. The summed E-state index contributed by atoms with van der Waals surface area (Å²) in [6, 6.07) is 13.3. The molecule has 1 aliphatic heterocycles. The fraction of sp³-hybridized carbons (Fsp3) is 0.158. The van der Waals surface area contributed by atoms with E-state index in [9.17, 15) is 14.4 Å². The molecule has 0 saturated carbocycles. The molecule has 2 N–H and O–H groups in total. The molecular formula is C19H16BrN3O4S. The number of carbonyl (C=O) groups excluding carboxylic acids is 2. The molecule has 7 nitrogen and oxygen atoms in total. The molecule has 0 aliphatic carbocycles. The number of anilines is 1. The highest BCUT2D eigenvalue weighted by molar-refractivity contribution is 9.10. The van der Waals surface area contributed by atoms with Crippen LogP contribution in [0.3, 0.4) is 0 Å². The molecule has 0 bridgehead atoms. The van der Waals surface area contributed by atoms with Crippen molar-refractivity contribution in [1.82, 2.24) is 4.90 Å². The SMILES string of the molecule is CN1C(=O)[C@H](CC(=O)Nc2cccc(C(=O)O)c2)SC1=Nc1ccc(Br)cc1. The number of halogens is 1. The Morgan fingerprint density at radius 1 is 1.25 bits per heavy atom. The number of nitrogens with zero attached hydrogens (tertiary/aromatic N) is 2. The van der Waals surface area contributed by atoms with Gasteiger partial charge in [0.1, 0.15) is 5.25 Å². The van der Waals surface area contributed by atoms with Crippen LogP contribution in [-0.2, 0) is 9.59 Å². The van der Waals surface area contributed by atoms with Crippen LogP contribution in [0.4, 0.5) is 11.4 Å². The van der Waals surface area contributed by atoms with Gasteiger partial charge in [-0.1, -0.05) is 33.8 Å². The fourth-order valence-corrected chi connectivity index (χ4v) is 3.95. The number of carbonyl (C=O) groups is 3. The lowest BCUT2D eigenvalue weighted by molar-refractivity contribution is -0.127. The van der Waals surface area contributed by atoms with E-state index in [1.807, 2.05) is 24.3 Å². The molecule has 1 saturated heterocycles. The van der Waals surface area contributed by atoms with Crippen molar-refractivity contribution in [3.8, 4) is 0 Å². The molecule has 0 unspecified atom stereocenters. The third-order valence-electron chi connectivity index (χ3n) is 3.96. The minimum absolute atomic E-state index is 0.0372. The summed E-state index contributed by atoms with van der Waals surface area (Å²) in [5, 5.41) is 11.6. The molecule has 2 amide bonds. The predicted octanol–water partition coefficient (Wildman–Crippen LogP) is 3.74. The molecule has 2 aromatic carbocycles. The number of amides is 2. The number of thioether (sulfide) groups is 1. The number of nitrogens with one attached hydrogen (secondary N) is 1. The third kappa shape index (κ3) is 4.79. The summed E-state index contributed by atoms with van der Waals surface area (Å²) in [5.41, 5.74) is 1.16. The summed E-state index contributed by atoms with van der Waals surface area (Å²) in [4.78, 5) is 41.7. The molecule has 9 heteroatoms. The first-order valence-corrected chi connectivity index (χ1v) is 9.92. The topological polar surface area (TPSA) is 99.1 Å². The van der Waals surface area contributed by atoms with Gasteiger partial charge in [-0.05, 0) is 42.5 Å². The first-order valence-electron chi connectivity index (χ1n) is 8.25. The lowest BCUT2D eigenvalue weighted by Gasteiger charge is -2.09. The largest absolute Gasteiger partial charge is 0.478 e. The fourth-order valence-electron chi connectivity index (χ4n) is 2.53. The van der Waals surface area contributed by atoms with E-state index < -0.39 is 11.2 Å². The third-order valence-corrected chi connectivity index (χ3v) is 5.71. The maximum atomic E-state index is 12.5. The average Bonchev–Trinajstić information content (AvgIpc) is 2.91. The van der Waals surface area contributed by atoms with E-state index >= 15 is 0 Å². The van der Waals surface area contributed by atoms with Gasteiger partial charge in [-0.15, -0.1) is 0 Å². The number of benzene rings is 2. The zero-order valence-corrected chi connectivity index (χ0v) is 17.2. The Morgan fingerprint density at radius 2 is 1.96 bits per heavy atom. The van der Waals surface area contributed by atoms with Gasteiger partial charge in [0.05, 0.1) is 11.3 Å². The van der Waals surface area contributed by atoms with Crippen LogP contribution in [0, 0.1) is 0 Å². The van der Waals surface area contributed by atoms with Crippen LogP contribution in [0.5, 0.6) is 0 Å². The molecule has 0 radical (unpaired) electrons. The summed E-state index contributed by atoms with van der Waals surface area (Å²) in [5.74, 6) is -1.64. The summed E-state index contributed by atoms with van der Waals surface area (Å²) in [6.45, 7) is 0. The van der Waals surface area contributed by atoms with Crippen molar-refractivity contribution >= 4 is 62.0 Å². The number of carboxylic acid groups (broad SMARTS) is 1. The number of rotatable bonds is 5. The summed E-state index contributed by atoms with van der Waals surface area (Å²) in [7, 11) is 1.63. The normalized spacial score (nSPS) is 17.8. The Bertz CT molecular complexity index is 962. The van der Waals surface area contributed by atoms with Crippen molar-refractivity contribution in [2.45, 2.75) is 11.7 Å². The number of amidine groups is 1. The zero-order chi connectivity index (χ0) is 20.3. The molecule has 1 aliphatic rings. The van der Waals surface area contributed by atoms with E-state index in [0.717, 1.165) is 4.47 Å². The van der Waals surface area contributed by atoms with Crippen molar-refractivity contribution in [3.05, 3.63) is 58.6 Å². The minimum Gasteiger partial charge on any atom is -0.478 e. The van der Waals surface area contributed by atoms with E-state index in [0.29, 0.717) is 16.5 Å². The van der Waals surface area contributed by atoms with Crippen molar-refractivity contribution < 1.29 is 19.5 Å². The molecular weight excluding hydrogens is 446 g/mol. The van der Waals surface area contributed by atoms with Gasteiger partial charge < -0.3 is 10.4 Å². The monoisotopic (exact) mass is 461 g/mol. The maximum Gasteiger partial charge on any atom is 0.335 e. The Balaban J connectivity index is 1.66. The van der Waals surface area contributed by atoms with Gasteiger partial charge >= 0.3 is 5.97 Å². The van der Waals surface area contributed by atoms with Crippen LogP contribution in [-0.4, -0.2) is 45.3 Å². The summed E-state index contributed by atoms with van der Waals surface area (Å²) < 4.78 is 0.932. The average molecular weight is 462 g/mol. The molecule has 0 aromatic heterocycles. The van der Waals surface area contributed by atoms with E-state index in [1.54, 1.807) is 19.2 Å². The second-order valence-corrected chi connectivity index (χ2v) is 8.10. The number of hydrogen-bond donors (Lipinski definition) is 2. The van der Waals surface area contributed by atoms with Crippen molar-refractivity contribution in [1.29, 1.82) is 0 Å². The van der Waals surface area contributed by atoms with Crippen LogP contribution >= 0.6 is 27.7 Å². The first kappa shape index (κ1) is 20.1. The molecule has 144 valence electrons. The maximum absolute atomic E-state index is 12.5. The predicted molar refractivity (Wildman–Crippen MR) is 112 cm³/mol. The highest BCUT2D eigenvalue weighted by atomic mass is 79.9. The molecule has 1 heterocycles. The highest BCUT2D eigenvalue weighted by Crippen LogP contribution is 2.31. The lowest BCUT2D eigenvalue weighted by atomic mass is 10.2. The Morgan fingerprint density at radius 3 is 2.64 bits per heavy atom. The molecule has 1 fully saturated rings. The lowest BCUT2D eigenvalue weighted by Crippen LogP contribution is -2.30. The van der Waals surface area contributed by atoms with Gasteiger partial charge in [0.2, 0.25) is 11.8 Å². The van der Waals surface area contributed by atoms with Crippen molar-refractivity contribution in [2.75, 3.05) is 12.4 Å². The van der Waals surface area contributed by atoms with Crippen molar-refractivity contribution in [2.24, 2.45) is 4.99 Å². The molecule has 1 atom stereocenters. The van der Waals surface area contributed by atoms with Crippen LogP contribution in [0.15, 0.2) is 58.0 Å². The van der Waals surface area contributed by atoms with Crippen molar-refractivity contribution in [3.63, 3.8) is 0 Å². The molecule has 3 rings (SSSR count).